The van der Waals surface area contributed by atoms with Crippen LogP contribution in [0.25, 0.3) is 0 Å². The van der Waals surface area contributed by atoms with E-state index in [2.05, 4.69) is 4.72 Å². The van der Waals surface area contributed by atoms with E-state index >= 15 is 0 Å². The minimum Gasteiger partial charge on any atom is -0.497 e. The van der Waals surface area contributed by atoms with E-state index in [-0.39, 0.29) is 16.7 Å². The molecule has 0 unspecified atom stereocenters. The van der Waals surface area contributed by atoms with Crippen LogP contribution in [-0.2, 0) is 14.8 Å². The lowest BCUT2D eigenvalue weighted by molar-refractivity contribution is -0.134. The van der Waals surface area contributed by atoms with Crippen molar-refractivity contribution in [3.8, 4) is 5.75 Å². The Morgan fingerprint density at radius 3 is 2.12 bits per heavy atom. The number of nitrogens with zero attached hydrogens (tertiary/aromatic N) is 1. The summed E-state index contributed by atoms with van der Waals surface area (Å²) in [7, 11) is -2.28. The molecule has 1 fully saturated rings. The van der Waals surface area contributed by atoms with Crippen molar-refractivity contribution in [3.63, 3.8) is 0 Å². The van der Waals surface area contributed by atoms with E-state index in [1.807, 2.05) is 13.8 Å². The second-order valence-electron chi connectivity index (χ2n) is 7.32. The van der Waals surface area contributed by atoms with Crippen LogP contribution in [-0.4, -0.2) is 45.5 Å². The van der Waals surface area contributed by atoms with Gasteiger partial charge in [-0.2, -0.15) is 4.72 Å². The highest BCUT2D eigenvalue weighted by atomic mass is 32.2. The molecule has 146 valence electrons. The van der Waals surface area contributed by atoms with Gasteiger partial charge in [-0.05, 0) is 62.3 Å². The molecule has 6 nitrogen and oxygen atoms in total. The number of methoxy groups -OCH3 is 1. The third-order valence-corrected chi connectivity index (χ3v) is 6.57. The number of likely N-dealkylation sites (tertiary alicyclic amines) is 1. The molecular formula is C19H30N2O4S. The average molecular weight is 383 g/mol. The Kier molecular flexibility index (Phi) is 6.69. The summed E-state index contributed by atoms with van der Waals surface area (Å²) in [5.41, 5.74) is 1.20. The molecule has 0 spiro atoms. The molecule has 1 atom stereocenters. The molecule has 0 radical (unpaired) electrons. The first-order valence-electron chi connectivity index (χ1n) is 9.13. The van der Waals surface area contributed by atoms with Gasteiger partial charge in [0.2, 0.25) is 15.9 Å². The van der Waals surface area contributed by atoms with E-state index in [0.29, 0.717) is 30.0 Å². The summed E-state index contributed by atoms with van der Waals surface area (Å²) in [4.78, 5) is 14.9. The lowest BCUT2D eigenvalue weighted by atomic mass is 10.0. The number of piperidine rings is 1. The molecule has 1 N–H and O–H groups in total. The molecule has 0 aromatic heterocycles. The molecule has 1 saturated heterocycles. The average Bonchev–Trinajstić information content (AvgIpc) is 2.58. The summed E-state index contributed by atoms with van der Waals surface area (Å²) in [6.45, 7) is 8.60. The molecule has 0 bridgehead atoms. The highest BCUT2D eigenvalue weighted by molar-refractivity contribution is 7.89. The van der Waals surface area contributed by atoms with Gasteiger partial charge in [-0.1, -0.05) is 13.8 Å². The summed E-state index contributed by atoms with van der Waals surface area (Å²) >= 11 is 0. The maximum absolute atomic E-state index is 13.1. The zero-order valence-corrected chi connectivity index (χ0v) is 17.1. The van der Waals surface area contributed by atoms with Gasteiger partial charge in [0.1, 0.15) is 11.8 Å². The third-order valence-electron chi connectivity index (χ3n) is 4.82. The number of aryl methyl sites for hydroxylation is 2. The van der Waals surface area contributed by atoms with Crippen LogP contribution in [0, 0.1) is 19.8 Å². The number of hydrogen-bond acceptors (Lipinski definition) is 4. The first-order valence-corrected chi connectivity index (χ1v) is 10.6. The van der Waals surface area contributed by atoms with Crippen LogP contribution < -0.4 is 9.46 Å². The maximum atomic E-state index is 13.1. The standard InChI is InChI=1S/C19H30N2O4S/c1-13(2)17(19(22)21-9-7-6-8-10-21)20-26(23,24)18-14(3)11-16(25-5)12-15(18)4/h11-13,17,20H,6-10H2,1-5H3/t17-/m1/s1. The molecule has 1 amide bonds. The van der Waals surface area contributed by atoms with Crippen LogP contribution in [0.2, 0.25) is 0 Å². The van der Waals surface area contributed by atoms with Crippen LogP contribution in [0.5, 0.6) is 5.75 Å². The zero-order chi connectivity index (χ0) is 19.5. The third kappa shape index (κ3) is 4.57. The number of carbonyl (C=O) groups excluding carboxylic acids is 1. The Labute approximate surface area is 157 Å². The number of ether oxygens (including phenoxy) is 1. The van der Waals surface area contributed by atoms with Crippen molar-refractivity contribution in [1.29, 1.82) is 0 Å². The first-order chi connectivity index (χ1) is 12.2. The van der Waals surface area contributed by atoms with E-state index in [0.717, 1.165) is 19.3 Å². The minimum atomic E-state index is -3.83. The van der Waals surface area contributed by atoms with Gasteiger partial charge in [0.05, 0.1) is 12.0 Å². The van der Waals surface area contributed by atoms with Crippen LogP contribution in [0.1, 0.15) is 44.2 Å². The van der Waals surface area contributed by atoms with Crippen molar-refractivity contribution in [3.05, 3.63) is 23.3 Å². The molecule has 0 aliphatic carbocycles. The van der Waals surface area contributed by atoms with Gasteiger partial charge in [-0.3, -0.25) is 4.79 Å². The predicted octanol–water partition coefficient (Wildman–Crippen LogP) is 2.63. The Morgan fingerprint density at radius 2 is 1.65 bits per heavy atom. The summed E-state index contributed by atoms with van der Waals surface area (Å²) in [5, 5.41) is 0. The predicted molar refractivity (Wildman–Crippen MR) is 102 cm³/mol. The number of rotatable bonds is 6. The van der Waals surface area contributed by atoms with E-state index in [9.17, 15) is 13.2 Å². The fraction of sp³-hybridized carbons (Fsp3) is 0.632. The number of hydrogen-bond donors (Lipinski definition) is 1. The molecule has 26 heavy (non-hydrogen) atoms. The SMILES string of the molecule is COc1cc(C)c(S(=O)(=O)N[C@@H](C(=O)N2CCCCC2)C(C)C)c(C)c1. The smallest absolute Gasteiger partial charge is 0.241 e. The minimum absolute atomic E-state index is 0.132. The van der Waals surface area contributed by atoms with Crippen LogP contribution >= 0.6 is 0 Å². The lowest BCUT2D eigenvalue weighted by Crippen LogP contribution is -2.52. The quantitative estimate of drug-likeness (QED) is 0.821. The number of carbonyl (C=O) groups is 1. The van der Waals surface area contributed by atoms with Crippen molar-refractivity contribution < 1.29 is 17.9 Å². The molecule has 0 saturated carbocycles. The van der Waals surface area contributed by atoms with Crippen LogP contribution in [0.3, 0.4) is 0 Å². The van der Waals surface area contributed by atoms with E-state index < -0.39 is 16.1 Å². The topological polar surface area (TPSA) is 75.7 Å². The zero-order valence-electron chi connectivity index (χ0n) is 16.3. The molecule has 1 aliphatic heterocycles. The van der Waals surface area contributed by atoms with Gasteiger partial charge in [0.15, 0.2) is 0 Å². The highest BCUT2D eigenvalue weighted by Crippen LogP contribution is 2.26. The summed E-state index contributed by atoms with van der Waals surface area (Å²) in [6.07, 6.45) is 3.06. The van der Waals surface area contributed by atoms with Gasteiger partial charge in [-0.25, -0.2) is 8.42 Å². The summed E-state index contributed by atoms with van der Waals surface area (Å²) in [6, 6.07) is 2.62. The normalized spacial score (nSPS) is 16.6. The van der Waals surface area contributed by atoms with Crippen molar-refractivity contribution in [1.82, 2.24) is 9.62 Å². The second kappa shape index (κ2) is 8.39. The van der Waals surface area contributed by atoms with E-state index in [4.69, 9.17) is 4.74 Å². The fourth-order valence-electron chi connectivity index (χ4n) is 3.46. The fourth-order valence-corrected chi connectivity index (χ4v) is 5.25. The van der Waals surface area contributed by atoms with E-state index in [1.54, 1.807) is 38.0 Å². The Hall–Kier alpha value is -1.60. The highest BCUT2D eigenvalue weighted by Gasteiger charge is 2.33. The van der Waals surface area contributed by atoms with Crippen molar-refractivity contribution in [2.24, 2.45) is 5.92 Å². The monoisotopic (exact) mass is 382 g/mol. The molecule has 1 aromatic rings. The number of nitrogens with one attached hydrogen (secondary N) is 1. The Balaban J connectivity index is 2.31. The first kappa shape index (κ1) is 20.7. The second-order valence-corrected chi connectivity index (χ2v) is 8.97. The summed E-state index contributed by atoms with van der Waals surface area (Å²) < 4.78 is 34.0. The molecule has 1 heterocycles. The molecule has 7 heteroatoms. The summed E-state index contributed by atoms with van der Waals surface area (Å²) in [5.74, 6) is 0.342. The van der Waals surface area contributed by atoms with Crippen molar-refractivity contribution >= 4 is 15.9 Å². The van der Waals surface area contributed by atoms with Gasteiger partial charge < -0.3 is 9.64 Å². The maximum Gasteiger partial charge on any atom is 0.241 e. The van der Waals surface area contributed by atoms with Gasteiger partial charge in [0, 0.05) is 13.1 Å². The number of sulfonamides is 1. The number of amides is 1. The van der Waals surface area contributed by atoms with Gasteiger partial charge >= 0.3 is 0 Å². The largest absolute Gasteiger partial charge is 0.497 e. The Morgan fingerprint density at radius 1 is 1.12 bits per heavy atom. The van der Waals surface area contributed by atoms with E-state index in [1.165, 1.54) is 0 Å². The van der Waals surface area contributed by atoms with Gasteiger partial charge in [0.25, 0.3) is 0 Å². The van der Waals surface area contributed by atoms with Crippen LogP contribution in [0.15, 0.2) is 17.0 Å². The molecule has 2 rings (SSSR count). The molecular weight excluding hydrogens is 352 g/mol. The molecule has 1 aliphatic rings. The molecule has 1 aromatic carbocycles. The number of benzene rings is 1. The van der Waals surface area contributed by atoms with Crippen molar-refractivity contribution in [2.75, 3.05) is 20.2 Å². The van der Waals surface area contributed by atoms with Crippen LogP contribution in [0.4, 0.5) is 0 Å². The van der Waals surface area contributed by atoms with Crippen molar-refractivity contribution in [2.45, 2.75) is 57.9 Å². The Bertz CT molecular complexity index is 730. The lowest BCUT2D eigenvalue weighted by Gasteiger charge is -2.32. The van der Waals surface area contributed by atoms with Gasteiger partial charge in [-0.15, -0.1) is 0 Å².